The third kappa shape index (κ3) is 4.54. The molecular weight excluding hydrogens is 218 g/mol. The third-order valence-corrected chi connectivity index (χ3v) is 2.56. The number of methoxy groups -OCH3 is 1. The summed E-state index contributed by atoms with van der Waals surface area (Å²) >= 11 is 0. The standard InChI is InChI=1S/C13H19NO3/c1-13(2,17-3)8-12(16)14-11-6-4-10(9-15)5-7-11/h4-7,15H,8-9H2,1-3H3,(H,14,16). The topological polar surface area (TPSA) is 58.6 Å². The first-order chi connectivity index (χ1) is 7.96. The van der Waals surface area contributed by atoms with Crippen molar-refractivity contribution in [2.45, 2.75) is 32.5 Å². The van der Waals surface area contributed by atoms with E-state index in [1.165, 1.54) is 0 Å². The third-order valence-electron chi connectivity index (χ3n) is 2.56. The number of aliphatic hydroxyl groups excluding tert-OH is 1. The Morgan fingerprint density at radius 3 is 2.41 bits per heavy atom. The summed E-state index contributed by atoms with van der Waals surface area (Å²) in [7, 11) is 1.59. The maximum absolute atomic E-state index is 11.7. The van der Waals surface area contributed by atoms with Crippen LogP contribution in [0.15, 0.2) is 24.3 Å². The van der Waals surface area contributed by atoms with Crippen LogP contribution in [-0.2, 0) is 16.1 Å². The Hall–Kier alpha value is -1.39. The van der Waals surface area contributed by atoms with Gasteiger partial charge in [0.05, 0.1) is 18.6 Å². The largest absolute Gasteiger partial charge is 0.392 e. The average Bonchev–Trinajstić information content (AvgIpc) is 2.29. The van der Waals surface area contributed by atoms with E-state index >= 15 is 0 Å². The normalized spacial score (nSPS) is 11.3. The van der Waals surface area contributed by atoms with Crippen LogP contribution in [0.25, 0.3) is 0 Å². The summed E-state index contributed by atoms with van der Waals surface area (Å²) in [5.74, 6) is -0.0893. The second-order valence-electron chi connectivity index (χ2n) is 4.54. The van der Waals surface area contributed by atoms with Gasteiger partial charge in [0.15, 0.2) is 0 Å². The zero-order chi connectivity index (χ0) is 12.9. The lowest BCUT2D eigenvalue weighted by molar-refractivity contribution is -0.121. The van der Waals surface area contributed by atoms with Crippen LogP contribution in [0.3, 0.4) is 0 Å². The van der Waals surface area contributed by atoms with Crippen molar-refractivity contribution in [1.82, 2.24) is 0 Å². The van der Waals surface area contributed by atoms with E-state index in [9.17, 15) is 4.79 Å². The summed E-state index contributed by atoms with van der Waals surface area (Å²) in [6.45, 7) is 3.73. The molecule has 4 heteroatoms. The molecule has 0 radical (unpaired) electrons. The summed E-state index contributed by atoms with van der Waals surface area (Å²) in [5.41, 5.74) is 1.08. The number of amides is 1. The Kier molecular flexibility index (Phi) is 4.66. The van der Waals surface area contributed by atoms with Gasteiger partial charge in [-0.25, -0.2) is 0 Å². The first-order valence-electron chi connectivity index (χ1n) is 5.51. The van der Waals surface area contributed by atoms with Crippen LogP contribution in [0.2, 0.25) is 0 Å². The fourth-order valence-corrected chi connectivity index (χ4v) is 1.36. The monoisotopic (exact) mass is 237 g/mol. The Morgan fingerprint density at radius 2 is 1.94 bits per heavy atom. The van der Waals surface area contributed by atoms with E-state index in [2.05, 4.69) is 5.32 Å². The lowest BCUT2D eigenvalue weighted by atomic mass is 10.0. The number of carbonyl (C=O) groups excluding carboxylic acids is 1. The van der Waals surface area contributed by atoms with Gasteiger partial charge < -0.3 is 15.2 Å². The smallest absolute Gasteiger partial charge is 0.227 e. The summed E-state index contributed by atoms with van der Waals surface area (Å²) < 4.78 is 5.19. The van der Waals surface area contributed by atoms with E-state index in [0.29, 0.717) is 6.42 Å². The quantitative estimate of drug-likeness (QED) is 0.822. The molecule has 1 aromatic rings. The van der Waals surface area contributed by atoms with E-state index in [1.807, 2.05) is 13.8 Å². The van der Waals surface area contributed by atoms with Crippen molar-refractivity contribution in [1.29, 1.82) is 0 Å². The molecule has 0 aliphatic heterocycles. The molecule has 0 bridgehead atoms. The number of aliphatic hydroxyl groups is 1. The molecular formula is C13H19NO3. The number of anilines is 1. The molecule has 0 saturated heterocycles. The van der Waals surface area contributed by atoms with E-state index in [1.54, 1.807) is 31.4 Å². The van der Waals surface area contributed by atoms with Gasteiger partial charge in [-0.15, -0.1) is 0 Å². The molecule has 1 amide bonds. The lowest BCUT2D eigenvalue weighted by Gasteiger charge is -2.21. The number of rotatable bonds is 5. The number of nitrogens with one attached hydrogen (secondary N) is 1. The number of hydrogen-bond donors (Lipinski definition) is 2. The van der Waals surface area contributed by atoms with Crippen LogP contribution < -0.4 is 5.32 Å². The second kappa shape index (κ2) is 5.80. The molecule has 1 aromatic carbocycles. The van der Waals surface area contributed by atoms with Crippen molar-refractivity contribution in [2.75, 3.05) is 12.4 Å². The van der Waals surface area contributed by atoms with E-state index in [-0.39, 0.29) is 12.5 Å². The average molecular weight is 237 g/mol. The Labute approximate surface area is 102 Å². The van der Waals surface area contributed by atoms with E-state index in [4.69, 9.17) is 9.84 Å². The first-order valence-corrected chi connectivity index (χ1v) is 5.51. The molecule has 0 aliphatic rings. The summed E-state index contributed by atoms with van der Waals surface area (Å²) in [4.78, 5) is 11.7. The van der Waals surface area contributed by atoms with Gasteiger partial charge in [-0.2, -0.15) is 0 Å². The van der Waals surface area contributed by atoms with Crippen LogP contribution >= 0.6 is 0 Å². The highest BCUT2D eigenvalue weighted by atomic mass is 16.5. The highest BCUT2D eigenvalue weighted by Crippen LogP contribution is 2.15. The summed E-state index contributed by atoms with van der Waals surface area (Å²) in [6, 6.07) is 7.08. The Balaban J connectivity index is 2.56. The molecule has 1 rings (SSSR count). The van der Waals surface area contributed by atoms with Crippen LogP contribution in [0.1, 0.15) is 25.8 Å². The fourth-order valence-electron chi connectivity index (χ4n) is 1.36. The van der Waals surface area contributed by atoms with Crippen molar-refractivity contribution in [3.8, 4) is 0 Å². The molecule has 94 valence electrons. The van der Waals surface area contributed by atoms with Crippen LogP contribution in [-0.4, -0.2) is 23.7 Å². The van der Waals surface area contributed by atoms with Gasteiger partial charge in [0.2, 0.25) is 5.91 Å². The van der Waals surface area contributed by atoms with Crippen LogP contribution in [0.5, 0.6) is 0 Å². The first kappa shape index (κ1) is 13.7. The highest BCUT2D eigenvalue weighted by molar-refractivity contribution is 5.91. The Morgan fingerprint density at radius 1 is 1.35 bits per heavy atom. The van der Waals surface area contributed by atoms with E-state index < -0.39 is 5.60 Å². The second-order valence-corrected chi connectivity index (χ2v) is 4.54. The van der Waals surface area contributed by atoms with Crippen molar-refractivity contribution in [3.05, 3.63) is 29.8 Å². The summed E-state index contributed by atoms with van der Waals surface area (Å²) in [5, 5.41) is 11.7. The predicted molar refractivity (Wildman–Crippen MR) is 66.7 cm³/mol. The van der Waals surface area contributed by atoms with Gasteiger partial charge in [0.25, 0.3) is 0 Å². The van der Waals surface area contributed by atoms with Crippen LogP contribution in [0.4, 0.5) is 5.69 Å². The van der Waals surface area contributed by atoms with Crippen molar-refractivity contribution in [2.24, 2.45) is 0 Å². The molecule has 0 spiro atoms. The molecule has 0 atom stereocenters. The molecule has 0 fully saturated rings. The number of benzene rings is 1. The van der Waals surface area contributed by atoms with Gasteiger partial charge in [0, 0.05) is 12.8 Å². The van der Waals surface area contributed by atoms with Crippen molar-refractivity contribution >= 4 is 11.6 Å². The molecule has 4 nitrogen and oxygen atoms in total. The minimum atomic E-state index is -0.463. The van der Waals surface area contributed by atoms with Crippen molar-refractivity contribution < 1.29 is 14.6 Å². The molecule has 17 heavy (non-hydrogen) atoms. The predicted octanol–water partition coefficient (Wildman–Crippen LogP) is 1.93. The molecule has 0 heterocycles. The number of hydrogen-bond acceptors (Lipinski definition) is 3. The molecule has 0 saturated carbocycles. The maximum atomic E-state index is 11.7. The zero-order valence-electron chi connectivity index (χ0n) is 10.5. The molecule has 0 aliphatic carbocycles. The minimum absolute atomic E-state index is 0.00489. The zero-order valence-corrected chi connectivity index (χ0v) is 10.5. The highest BCUT2D eigenvalue weighted by Gasteiger charge is 2.20. The number of carbonyl (C=O) groups is 1. The van der Waals surface area contributed by atoms with Gasteiger partial charge in [-0.3, -0.25) is 4.79 Å². The maximum Gasteiger partial charge on any atom is 0.227 e. The van der Waals surface area contributed by atoms with Crippen molar-refractivity contribution in [3.63, 3.8) is 0 Å². The van der Waals surface area contributed by atoms with Gasteiger partial charge in [-0.1, -0.05) is 12.1 Å². The SMILES string of the molecule is COC(C)(C)CC(=O)Nc1ccc(CO)cc1. The molecule has 0 aromatic heterocycles. The molecule has 0 unspecified atom stereocenters. The fraction of sp³-hybridized carbons (Fsp3) is 0.462. The van der Waals surface area contributed by atoms with Gasteiger partial charge >= 0.3 is 0 Å². The van der Waals surface area contributed by atoms with E-state index in [0.717, 1.165) is 11.3 Å². The summed E-state index contributed by atoms with van der Waals surface area (Å²) in [6.07, 6.45) is 0.297. The Bertz CT molecular complexity index is 371. The lowest BCUT2D eigenvalue weighted by Crippen LogP contribution is -2.29. The number of ether oxygens (including phenoxy) is 1. The minimum Gasteiger partial charge on any atom is -0.392 e. The van der Waals surface area contributed by atoms with Gasteiger partial charge in [0.1, 0.15) is 0 Å². The molecule has 2 N–H and O–H groups in total. The van der Waals surface area contributed by atoms with Gasteiger partial charge in [-0.05, 0) is 31.5 Å². The van der Waals surface area contributed by atoms with Crippen LogP contribution in [0, 0.1) is 0 Å².